The third kappa shape index (κ3) is 2.49. The number of likely N-dealkylation sites (tertiary alicyclic amines) is 1. The molecular weight excluding hydrogens is 174 g/mol. The summed E-state index contributed by atoms with van der Waals surface area (Å²) in [6, 6.07) is 0.976. The Hall–Kier alpha value is -0.530. The first-order valence-corrected chi connectivity index (χ1v) is 6.01. The summed E-state index contributed by atoms with van der Waals surface area (Å²) in [4.78, 5) is 13.8. The molecular formula is C12H23NO. The number of nitrogens with zero attached hydrogens (tertiary/aromatic N) is 1. The van der Waals surface area contributed by atoms with Crippen LogP contribution in [0.15, 0.2) is 0 Å². The second-order valence-electron chi connectivity index (χ2n) is 4.39. The van der Waals surface area contributed by atoms with Gasteiger partial charge in [0.15, 0.2) is 0 Å². The molecule has 1 aliphatic rings. The highest BCUT2D eigenvalue weighted by Gasteiger charge is 2.32. The molecule has 1 aliphatic heterocycles. The van der Waals surface area contributed by atoms with E-state index in [1.807, 2.05) is 0 Å². The van der Waals surface area contributed by atoms with Crippen molar-refractivity contribution in [3.63, 3.8) is 0 Å². The Bertz CT molecular complexity index is 191. The van der Waals surface area contributed by atoms with E-state index in [0.717, 1.165) is 19.3 Å². The van der Waals surface area contributed by atoms with Crippen LogP contribution in [0.5, 0.6) is 0 Å². The zero-order chi connectivity index (χ0) is 10.6. The van der Waals surface area contributed by atoms with E-state index in [1.165, 1.54) is 19.3 Å². The predicted molar refractivity (Wildman–Crippen MR) is 59.1 cm³/mol. The summed E-state index contributed by atoms with van der Waals surface area (Å²) in [5.41, 5.74) is 0. The monoisotopic (exact) mass is 197 g/mol. The summed E-state index contributed by atoms with van der Waals surface area (Å²) in [5.74, 6) is 0.375. The third-order valence-corrected chi connectivity index (χ3v) is 3.33. The fraction of sp³-hybridized carbons (Fsp3) is 0.917. The van der Waals surface area contributed by atoms with Crippen LogP contribution in [0.4, 0.5) is 0 Å². The quantitative estimate of drug-likeness (QED) is 0.663. The molecule has 1 saturated heterocycles. The number of unbranched alkanes of at least 4 members (excludes halogenated alkanes) is 1. The van der Waals surface area contributed by atoms with Crippen molar-refractivity contribution >= 4 is 5.91 Å². The first-order valence-electron chi connectivity index (χ1n) is 6.01. The third-order valence-electron chi connectivity index (χ3n) is 3.33. The Kier molecular flexibility index (Phi) is 4.43. The van der Waals surface area contributed by atoms with Gasteiger partial charge in [-0.15, -0.1) is 0 Å². The molecule has 0 aromatic carbocycles. The first kappa shape index (κ1) is 11.5. The van der Waals surface area contributed by atoms with Gasteiger partial charge in [0.25, 0.3) is 0 Å². The number of hydrogen-bond acceptors (Lipinski definition) is 1. The van der Waals surface area contributed by atoms with Crippen LogP contribution in [0.25, 0.3) is 0 Å². The number of hydrogen-bond donors (Lipinski definition) is 0. The number of carbonyl (C=O) groups excluding carboxylic acids is 1. The topological polar surface area (TPSA) is 20.3 Å². The lowest BCUT2D eigenvalue weighted by atomic mass is 10.1. The summed E-state index contributed by atoms with van der Waals surface area (Å²) in [7, 11) is 0. The number of carbonyl (C=O) groups is 1. The minimum atomic E-state index is 0.375. The van der Waals surface area contributed by atoms with E-state index in [4.69, 9.17) is 0 Å². The second kappa shape index (κ2) is 5.38. The standard InChI is InChI=1S/C12H23NO/c1-4-6-7-11-8-9-12(14)13(11)10(3)5-2/h10-11H,4-9H2,1-3H3. The molecule has 1 heterocycles. The maximum absolute atomic E-state index is 11.7. The average molecular weight is 197 g/mol. The Balaban J connectivity index is 2.52. The Labute approximate surface area is 87.7 Å². The lowest BCUT2D eigenvalue weighted by molar-refractivity contribution is -0.131. The van der Waals surface area contributed by atoms with Crippen LogP contribution in [0.3, 0.4) is 0 Å². The van der Waals surface area contributed by atoms with Crippen molar-refractivity contribution in [1.29, 1.82) is 0 Å². The molecule has 0 aromatic heterocycles. The summed E-state index contributed by atoms with van der Waals surface area (Å²) >= 11 is 0. The molecule has 0 aliphatic carbocycles. The summed E-state index contributed by atoms with van der Waals surface area (Å²) < 4.78 is 0. The Morgan fingerprint density at radius 2 is 2.21 bits per heavy atom. The highest BCUT2D eigenvalue weighted by atomic mass is 16.2. The first-order chi connectivity index (χ1) is 6.70. The second-order valence-corrected chi connectivity index (χ2v) is 4.39. The van der Waals surface area contributed by atoms with Crippen molar-refractivity contribution in [3.05, 3.63) is 0 Å². The molecule has 0 aromatic rings. The summed E-state index contributed by atoms with van der Waals surface area (Å²) in [6.07, 6.45) is 6.63. The van der Waals surface area contributed by atoms with Crippen molar-refractivity contribution in [2.24, 2.45) is 0 Å². The van der Waals surface area contributed by atoms with Gasteiger partial charge in [-0.3, -0.25) is 4.79 Å². The van der Waals surface area contributed by atoms with Crippen LogP contribution < -0.4 is 0 Å². The SMILES string of the molecule is CCCCC1CCC(=O)N1C(C)CC. The van der Waals surface area contributed by atoms with Crippen LogP contribution in [0.2, 0.25) is 0 Å². The fourth-order valence-corrected chi connectivity index (χ4v) is 2.29. The van der Waals surface area contributed by atoms with Crippen LogP contribution in [0.1, 0.15) is 59.3 Å². The van der Waals surface area contributed by atoms with Crippen LogP contribution in [0, 0.1) is 0 Å². The van der Waals surface area contributed by atoms with E-state index in [2.05, 4.69) is 25.7 Å². The van der Waals surface area contributed by atoms with E-state index in [-0.39, 0.29) is 0 Å². The van der Waals surface area contributed by atoms with E-state index < -0.39 is 0 Å². The van der Waals surface area contributed by atoms with Gasteiger partial charge >= 0.3 is 0 Å². The van der Waals surface area contributed by atoms with E-state index >= 15 is 0 Å². The lowest BCUT2D eigenvalue weighted by Gasteiger charge is -2.30. The van der Waals surface area contributed by atoms with Crippen LogP contribution in [-0.2, 0) is 4.79 Å². The Morgan fingerprint density at radius 3 is 2.79 bits per heavy atom. The van der Waals surface area contributed by atoms with Gasteiger partial charge in [-0.25, -0.2) is 0 Å². The molecule has 0 radical (unpaired) electrons. The molecule has 82 valence electrons. The van der Waals surface area contributed by atoms with Crippen LogP contribution in [-0.4, -0.2) is 22.9 Å². The molecule has 2 heteroatoms. The van der Waals surface area contributed by atoms with Gasteiger partial charge in [0.2, 0.25) is 5.91 Å². The molecule has 0 N–H and O–H groups in total. The predicted octanol–water partition coefficient (Wildman–Crippen LogP) is 2.97. The average Bonchev–Trinajstić information content (AvgIpc) is 2.55. The molecule has 1 fully saturated rings. The molecule has 0 spiro atoms. The molecule has 0 saturated carbocycles. The Morgan fingerprint density at radius 1 is 1.50 bits per heavy atom. The van der Waals surface area contributed by atoms with Gasteiger partial charge in [-0.1, -0.05) is 26.7 Å². The molecule has 2 atom stereocenters. The largest absolute Gasteiger partial charge is 0.337 e. The van der Waals surface area contributed by atoms with E-state index in [0.29, 0.717) is 18.0 Å². The van der Waals surface area contributed by atoms with Crippen molar-refractivity contribution in [1.82, 2.24) is 4.90 Å². The number of amides is 1. The van der Waals surface area contributed by atoms with Crippen LogP contribution >= 0.6 is 0 Å². The van der Waals surface area contributed by atoms with Crippen molar-refractivity contribution in [2.75, 3.05) is 0 Å². The zero-order valence-electron chi connectivity index (χ0n) is 9.75. The van der Waals surface area contributed by atoms with Gasteiger partial charge in [-0.2, -0.15) is 0 Å². The maximum Gasteiger partial charge on any atom is 0.223 e. The van der Waals surface area contributed by atoms with Gasteiger partial charge in [0, 0.05) is 18.5 Å². The molecule has 2 nitrogen and oxygen atoms in total. The lowest BCUT2D eigenvalue weighted by Crippen LogP contribution is -2.39. The smallest absolute Gasteiger partial charge is 0.223 e. The van der Waals surface area contributed by atoms with Crippen molar-refractivity contribution in [3.8, 4) is 0 Å². The van der Waals surface area contributed by atoms with Crippen molar-refractivity contribution in [2.45, 2.75) is 71.4 Å². The van der Waals surface area contributed by atoms with E-state index in [9.17, 15) is 4.79 Å². The summed E-state index contributed by atoms with van der Waals surface area (Å²) in [5, 5.41) is 0. The molecule has 0 bridgehead atoms. The van der Waals surface area contributed by atoms with Crippen molar-refractivity contribution < 1.29 is 4.79 Å². The minimum Gasteiger partial charge on any atom is -0.337 e. The molecule has 1 amide bonds. The summed E-state index contributed by atoms with van der Waals surface area (Å²) in [6.45, 7) is 6.54. The van der Waals surface area contributed by atoms with Gasteiger partial charge in [-0.05, 0) is 26.2 Å². The fourth-order valence-electron chi connectivity index (χ4n) is 2.29. The molecule has 1 rings (SSSR count). The maximum atomic E-state index is 11.7. The van der Waals surface area contributed by atoms with Gasteiger partial charge in [0.05, 0.1) is 0 Å². The zero-order valence-corrected chi connectivity index (χ0v) is 9.75. The number of rotatable bonds is 5. The molecule has 2 unspecified atom stereocenters. The molecule has 14 heavy (non-hydrogen) atoms. The highest BCUT2D eigenvalue weighted by molar-refractivity contribution is 5.79. The van der Waals surface area contributed by atoms with Gasteiger partial charge < -0.3 is 4.90 Å². The van der Waals surface area contributed by atoms with E-state index in [1.54, 1.807) is 0 Å². The normalized spacial score (nSPS) is 24.4. The minimum absolute atomic E-state index is 0.375. The highest BCUT2D eigenvalue weighted by Crippen LogP contribution is 2.26. The van der Waals surface area contributed by atoms with Gasteiger partial charge in [0.1, 0.15) is 0 Å².